The van der Waals surface area contributed by atoms with E-state index in [1.54, 1.807) is 0 Å². The molecule has 0 saturated carbocycles. The van der Waals surface area contributed by atoms with Crippen molar-refractivity contribution in [3.63, 3.8) is 0 Å². The van der Waals surface area contributed by atoms with Gasteiger partial charge in [-0.3, -0.25) is 9.89 Å². The standard InChI is InChI=1S/C16H10F3N3O4/c17-16(18,19)10-3-1-2-4-13(10)26-15-9(5-6-25-15)11(23)7-12(24)14-20-8-21-22-14/h1-8,23H,(H,20,21,22). The zero-order chi connectivity index (χ0) is 18.7. The SMILES string of the molecule is O=C(C=C(O)c1ccoc1Oc1ccccc1C(F)(F)F)c1ncn[nH]1. The van der Waals surface area contributed by atoms with Crippen molar-refractivity contribution in [2.24, 2.45) is 0 Å². The number of nitrogens with zero attached hydrogens (tertiary/aromatic N) is 2. The van der Waals surface area contributed by atoms with Crippen LogP contribution < -0.4 is 4.74 Å². The van der Waals surface area contributed by atoms with Crippen molar-refractivity contribution in [2.75, 3.05) is 0 Å². The average molecular weight is 365 g/mol. The second kappa shape index (κ2) is 6.75. The average Bonchev–Trinajstić information content (AvgIpc) is 3.26. The van der Waals surface area contributed by atoms with Crippen LogP contribution in [0.4, 0.5) is 13.2 Å². The number of furan rings is 1. The fourth-order valence-electron chi connectivity index (χ4n) is 2.05. The molecule has 0 saturated heterocycles. The third-order valence-corrected chi connectivity index (χ3v) is 3.22. The van der Waals surface area contributed by atoms with Crippen LogP contribution in [0.25, 0.3) is 5.76 Å². The minimum atomic E-state index is -4.64. The molecule has 0 amide bonds. The number of para-hydroxylation sites is 1. The monoisotopic (exact) mass is 365 g/mol. The zero-order valence-electron chi connectivity index (χ0n) is 12.8. The molecule has 7 nitrogen and oxygen atoms in total. The number of aromatic amines is 1. The number of H-pyrrole nitrogens is 1. The van der Waals surface area contributed by atoms with Gasteiger partial charge >= 0.3 is 12.1 Å². The van der Waals surface area contributed by atoms with Crippen molar-refractivity contribution < 1.29 is 32.2 Å². The highest BCUT2D eigenvalue weighted by Gasteiger charge is 2.34. The lowest BCUT2D eigenvalue weighted by Crippen LogP contribution is -2.07. The third-order valence-electron chi connectivity index (χ3n) is 3.22. The minimum absolute atomic E-state index is 0.102. The summed E-state index contributed by atoms with van der Waals surface area (Å²) < 4.78 is 49.3. The van der Waals surface area contributed by atoms with E-state index >= 15 is 0 Å². The van der Waals surface area contributed by atoms with Crippen molar-refractivity contribution >= 4 is 11.5 Å². The van der Waals surface area contributed by atoms with Crippen molar-refractivity contribution in [1.82, 2.24) is 15.2 Å². The number of rotatable bonds is 5. The van der Waals surface area contributed by atoms with Gasteiger partial charge in [-0.15, -0.1) is 0 Å². The normalized spacial score (nSPS) is 12.2. The van der Waals surface area contributed by atoms with Crippen LogP contribution in [0.1, 0.15) is 21.7 Å². The van der Waals surface area contributed by atoms with Gasteiger partial charge in [0.15, 0.2) is 5.82 Å². The molecule has 1 aromatic carbocycles. The van der Waals surface area contributed by atoms with Crippen molar-refractivity contribution in [3.8, 4) is 11.7 Å². The van der Waals surface area contributed by atoms with Gasteiger partial charge in [0.1, 0.15) is 23.4 Å². The summed E-state index contributed by atoms with van der Waals surface area (Å²) in [7, 11) is 0. The maximum Gasteiger partial charge on any atom is 0.419 e. The van der Waals surface area contributed by atoms with Gasteiger partial charge in [0.05, 0.1) is 11.8 Å². The van der Waals surface area contributed by atoms with Crippen LogP contribution in [0, 0.1) is 0 Å². The number of nitrogens with one attached hydrogen (secondary N) is 1. The number of hydrogen-bond donors (Lipinski definition) is 2. The number of carbonyl (C=O) groups excluding carboxylic acids is 1. The van der Waals surface area contributed by atoms with Gasteiger partial charge in [-0.2, -0.15) is 18.3 Å². The summed E-state index contributed by atoms with van der Waals surface area (Å²) in [4.78, 5) is 15.5. The van der Waals surface area contributed by atoms with Crippen molar-refractivity contribution in [1.29, 1.82) is 0 Å². The summed E-state index contributed by atoms with van der Waals surface area (Å²) >= 11 is 0. The Bertz CT molecular complexity index is 946. The Morgan fingerprint density at radius 3 is 2.73 bits per heavy atom. The molecule has 0 radical (unpaired) electrons. The van der Waals surface area contributed by atoms with Crippen LogP contribution in [0.5, 0.6) is 11.7 Å². The number of aliphatic hydroxyl groups excluding tert-OH is 1. The lowest BCUT2D eigenvalue weighted by molar-refractivity contribution is -0.138. The number of carbonyl (C=O) groups is 1. The number of ketones is 1. The molecule has 3 aromatic rings. The largest absolute Gasteiger partial charge is 0.507 e. The van der Waals surface area contributed by atoms with Gasteiger partial charge in [0.25, 0.3) is 0 Å². The summed E-state index contributed by atoms with van der Waals surface area (Å²) in [5, 5.41) is 15.9. The van der Waals surface area contributed by atoms with E-state index in [4.69, 9.17) is 9.15 Å². The Hall–Kier alpha value is -3.56. The van der Waals surface area contributed by atoms with E-state index in [0.717, 1.165) is 30.8 Å². The van der Waals surface area contributed by atoms with E-state index in [1.165, 1.54) is 18.2 Å². The van der Waals surface area contributed by atoms with Gasteiger partial charge in [0, 0.05) is 6.08 Å². The molecule has 3 rings (SSSR count). The fraction of sp³-hybridized carbons (Fsp3) is 0.0625. The molecule has 0 atom stereocenters. The second-order valence-electron chi connectivity index (χ2n) is 4.95. The van der Waals surface area contributed by atoms with Crippen LogP contribution in [-0.4, -0.2) is 26.1 Å². The second-order valence-corrected chi connectivity index (χ2v) is 4.95. The maximum atomic E-state index is 13.0. The number of aromatic nitrogens is 3. The molecular weight excluding hydrogens is 355 g/mol. The molecule has 2 aromatic heterocycles. The third kappa shape index (κ3) is 3.58. The minimum Gasteiger partial charge on any atom is -0.507 e. The highest BCUT2D eigenvalue weighted by atomic mass is 19.4. The summed E-state index contributed by atoms with van der Waals surface area (Å²) in [6.45, 7) is 0. The van der Waals surface area contributed by atoms with Crippen LogP contribution in [0.3, 0.4) is 0 Å². The van der Waals surface area contributed by atoms with E-state index in [9.17, 15) is 23.1 Å². The van der Waals surface area contributed by atoms with Gasteiger partial charge < -0.3 is 14.3 Å². The molecule has 0 aliphatic rings. The lowest BCUT2D eigenvalue weighted by Gasteiger charge is -2.12. The molecule has 134 valence electrons. The number of benzene rings is 1. The Morgan fingerprint density at radius 1 is 1.27 bits per heavy atom. The lowest BCUT2D eigenvalue weighted by atomic mass is 10.2. The van der Waals surface area contributed by atoms with Crippen molar-refractivity contribution in [3.05, 3.63) is 65.9 Å². The van der Waals surface area contributed by atoms with Gasteiger partial charge in [-0.05, 0) is 18.2 Å². The van der Waals surface area contributed by atoms with E-state index in [0.29, 0.717) is 0 Å². The van der Waals surface area contributed by atoms with Crippen LogP contribution in [0.15, 0.2) is 53.4 Å². The Kier molecular flexibility index (Phi) is 4.48. The van der Waals surface area contributed by atoms with Gasteiger partial charge in [-0.25, -0.2) is 4.98 Å². The highest BCUT2D eigenvalue weighted by Crippen LogP contribution is 2.39. The number of alkyl halides is 3. The number of ether oxygens (including phenoxy) is 1. The quantitative estimate of drug-likeness (QED) is 0.403. The first-order chi connectivity index (χ1) is 12.4. The molecule has 0 bridgehead atoms. The fourth-order valence-corrected chi connectivity index (χ4v) is 2.05. The zero-order valence-corrected chi connectivity index (χ0v) is 12.8. The van der Waals surface area contributed by atoms with Crippen LogP contribution >= 0.6 is 0 Å². The molecule has 10 heteroatoms. The Morgan fingerprint density at radius 2 is 2.04 bits per heavy atom. The summed E-state index contributed by atoms with van der Waals surface area (Å²) in [5.41, 5.74) is -1.11. The summed E-state index contributed by atoms with van der Waals surface area (Å²) in [5.74, 6) is -2.29. The highest BCUT2D eigenvalue weighted by molar-refractivity contribution is 6.05. The van der Waals surface area contributed by atoms with E-state index in [2.05, 4.69) is 15.2 Å². The Balaban J connectivity index is 1.89. The first kappa shape index (κ1) is 17.3. The van der Waals surface area contributed by atoms with Crippen LogP contribution in [-0.2, 0) is 6.18 Å². The molecule has 0 fully saturated rings. The topological polar surface area (TPSA) is 101 Å². The van der Waals surface area contributed by atoms with Gasteiger partial charge in [-0.1, -0.05) is 12.1 Å². The van der Waals surface area contributed by atoms with E-state index in [-0.39, 0.29) is 11.4 Å². The first-order valence-electron chi connectivity index (χ1n) is 7.08. The first-order valence-corrected chi connectivity index (χ1v) is 7.08. The molecule has 0 unspecified atom stereocenters. The molecule has 0 aliphatic carbocycles. The molecule has 0 spiro atoms. The molecular formula is C16H10F3N3O4. The number of halogens is 3. The number of allylic oxidation sites excluding steroid dienone is 1. The van der Waals surface area contributed by atoms with E-state index in [1.807, 2.05) is 0 Å². The summed E-state index contributed by atoms with van der Waals surface area (Å²) in [6, 6.07) is 5.77. The van der Waals surface area contributed by atoms with Crippen LogP contribution in [0.2, 0.25) is 0 Å². The smallest absolute Gasteiger partial charge is 0.419 e. The molecule has 2 N–H and O–H groups in total. The number of hydrogen-bond acceptors (Lipinski definition) is 6. The van der Waals surface area contributed by atoms with E-state index < -0.39 is 35.0 Å². The summed E-state index contributed by atoms with van der Waals surface area (Å²) in [6.07, 6.45) is -1.61. The number of aliphatic hydroxyl groups is 1. The molecule has 0 aliphatic heterocycles. The predicted octanol–water partition coefficient (Wildman–Crippen LogP) is 3.99. The van der Waals surface area contributed by atoms with Gasteiger partial charge in [0.2, 0.25) is 5.78 Å². The molecule has 2 heterocycles. The predicted molar refractivity (Wildman–Crippen MR) is 81.5 cm³/mol. The van der Waals surface area contributed by atoms with Crippen molar-refractivity contribution in [2.45, 2.75) is 6.18 Å². The Labute approximate surface area is 143 Å². The maximum absolute atomic E-state index is 13.0. The molecule has 26 heavy (non-hydrogen) atoms.